The van der Waals surface area contributed by atoms with Crippen LogP contribution in [0.2, 0.25) is 10.0 Å². The van der Waals surface area contributed by atoms with Crippen LogP contribution in [-0.2, 0) is 0 Å². The van der Waals surface area contributed by atoms with E-state index in [-0.39, 0.29) is 11.5 Å². The average Bonchev–Trinajstić information content (AvgIpc) is 2.38. The van der Waals surface area contributed by atoms with Crippen molar-refractivity contribution in [3.05, 3.63) is 26.7 Å². The molecule has 2 nitrogen and oxygen atoms in total. The normalized spacial score (nSPS) is 24.3. The minimum absolute atomic E-state index is 0.0953. The van der Waals surface area contributed by atoms with Gasteiger partial charge in [0.2, 0.25) is 0 Å². The Morgan fingerprint density at radius 3 is 2.65 bits per heavy atom. The summed E-state index contributed by atoms with van der Waals surface area (Å²) in [5, 5.41) is 4.76. The lowest BCUT2D eigenvalue weighted by atomic mass is 9.64. The van der Waals surface area contributed by atoms with Gasteiger partial charge in [0.05, 0.1) is 10.0 Å². The molecule has 1 aromatic rings. The molecule has 5 heteroatoms. The van der Waals surface area contributed by atoms with E-state index in [4.69, 9.17) is 27.9 Å². The van der Waals surface area contributed by atoms with E-state index < -0.39 is 0 Å². The van der Waals surface area contributed by atoms with E-state index in [1.165, 1.54) is 0 Å². The van der Waals surface area contributed by atoms with Crippen molar-refractivity contribution in [2.45, 2.75) is 45.8 Å². The summed E-state index contributed by atoms with van der Waals surface area (Å²) < 4.78 is 6.85. The van der Waals surface area contributed by atoms with Crippen LogP contribution in [0.25, 0.3) is 0 Å². The van der Waals surface area contributed by atoms with E-state index in [0.29, 0.717) is 21.8 Å². The lowest BCUT2D eigenvalue weighted by molar-refractivity contribution is -0.0545. The fourth-order valence-corrected chi connectivity index (χ4v) is 3.34. The van der Waals surface area contributed by atoms with Gasteiger partial charge in [-0.05, 0) is 35.0 Å². The number of nitrogens with one attached hydrogen (secondary N) is 1. The third kappa shape index (κ3) is 3.27. The molecule has 1 aliphatic rings. The maximum absolute atomic E-state index is 6.21. The summed E-state index contributed by atoms with van der Waals surface area (Å²) in [5.41, 5.74) is 0.0953. The number of hydrogen-bond acceptors (Lipinski definition) is 2. The summed E-state index contributed by atoms with van der Waals surface area (Å²) in [6, 6.07) is 4.05. The molecular formula is C15H20BrCl2NO. The standard InChI is InChI=1S/C15H20BrCl2NO/c1-4-5-19-13-8-14(15(13,2)3)20-12-7-10(17)9(16)6-11(12)18/h6-7,13-14,19H,4-5,8H2,1-3H3. The van der Waals surface area contributed by atoms with Crippen molar-refractivity contribution in [1.82, 2.24) is 5.32 Å². The fraction of sp³-hybridized carbons (Fsp3) is 0.600. The van der Waals surface area contributed by atoms with Crippen LogP contribution in [-0.4, -0.2) is 18.7 Å². The Labute approximate surface area is 139 Å². The predicted molar refractivity (Wildman–Crippen MR) is 89.1 cm³/mol. The molecule has 2 rings (SSSR count). The van der Waals surface area contributed by atoms with Gasteiger partial charge in [-0.3, -0.25) is 0 Å². The number of hydrogen-bond donors (Lipinski definition) is 1. The molecule has 1 fully saturated rings. The highest BCUT2D eigenvalue weighted by molar-refractivity contribution is 9.10. The first-order chi connectivity index (χ1) is 9.36. The molecule has 0 bridgehead atoms. The molecule has 1 N–H and O–H groups in total. The molecule has 0 aliphatic heterocycles. The monoisotopic (exact) mass is 379 g/mol. The van der Waals surface area contributed by atoms with Crippen molar-refractivity contribution in [2.75, 3.05) is 6.54 Å². The molecular weight excluding hydrogens is 361 g/mol. The summed E-state index contributed by atoms with van der Waals surface area (Å²) in [7, 11) is 0. The molecule has 0 heterocycles. The quantitative estimate of drug-likeness (QED) is 0.699. The zero-order valence-electron chi connectivity index (χ0n) is 12.0. The zero-order valence-corrected chi connectivity index (χ0v) is 15.1. The van der Waals surface area contributed by atoms with E-state index in [0.717, 1.165) is 23.9 Å². The summed E-state index contributed by atoms with van der Waals surface area (Å²) in [6.07, 6.45) is 2.30. The Hall–Kier alpha value is 0.0400. The van der Waals surface area contributed by atoms with Crippen LogP contribution < -0.4 is 10.1 Å². The van der Waals surface area contributed by atoms with Crippen molar-refractivity contribution < 1.29 is 4.74 Å². The Balaban J connectivity index is 2.04. The Bertz CT molecular complexity index is 493. The SMILES string of the molecule is CCCNC1CC(Oc2cc(Cl)c(Br)cc2Cl)C1(C)C. The van der Waals surface area contributed by atoms with E-state index in [1.807, 2.05) is 0 Å². The number of rotatable bonds is 5. The topological polar surface area (TPSA) is 21.3 Å². The van der Waals surface area contributed by atoms with Crippen molar-refractivity contribution >= 4 is 39.1 Å². The highest BCUT2D eigenvalue weighted by Gasteiger charge is 2.49. The minimum atomic E-state index is 0.0953. The summed E-state index contributed by atoms with van der Waals surface area (Å²) in [4.78, 5) is 0. The molecule has 1 saturated carbocycles. The lowest BCUT2D eigenvalue weighted by Crippen LogP contribution is -2.62. The number of benzene rings is 1. The molecule has 112 valence electrons. The van der Waals surface area contributed by atoms with Crippen molar-refractivity contribution in [3.8, 4) is 5.75 Å². The van der Waals surface area contributed by atoms with Gasteiger partial charge in [0.1, 0.15) is 11.9 Å². The van der Waals surface area contributed by atoms with E-state index >= 15 is 0 Å². The first-order valence-electron chi connectivity index (χ1n) is 6.90. The molecule has 0 saturated heterocycles. The summed E-state index contributed by atoms with van der Waals surface area (Å²) >= 11 is 15.7. The maximum atomic E-state index is 6.21. The lowest BCUT2D eigenvalue weighted by Gasteiger charge is -2.51. The molecule has 0 radical (unpaired) electrons. The van der Waals surface area contributed by atoms with Gasteiger partial charge in [-0.15, -0.1) is 0 Å². The molecule has 0 aromatic heterocycles. The summed E-state index contributed by atoms with van der Waals surface area (Å²) in [6.45, 7) is 7.67. The Morgan fingerprint density at radius 2 is 2.05 bits per heavy atom. The van der Waals surface area contributed by atoms with Gasteiger partial charge < -0.3 is 10.1 Å². The van der Waals surface area contributed by atoms with Gasteiger partial charge in [0.25, 0.3) is 0 Å². The summed E-state index contributed by atoms with van der Waals surface area (Å²) in [5.74, 6) is 0.659. The molecule has 2 unspecified atom stereocenters. The van der Waals surface area contributed by atoms with Crippen LogP contribution in [0.5, 0.6) is 5.75 Å². The average molecular weight is 381 g/mol. The molecule has 1 aliphatic carbocycles. The number of ether oxygens (including phenoxy) is 1. The molecule has 0 spiro atoms. The van der Waals surface area contributed by atoms with E-state index in [1.54, 1.807) is 12.1 Å². The smallest absolute Gasteiger partial charge is 0.139 e. The van der Waals surface area contributed by atoms with E-state index in [9.17, 15) is 0 Å². The molecule has 20 heavy (non-hydrogen) atoms. The second-order valence-electron chi connectivity index (χ2n) is 5.87. The molecule has 0 amide bonds. The van der Waals surface area contributed by atoms with Crippen molar-refractivity contribution in [1.29, 1.82) is 0 Å². The van der Waals surface area contributed by atoms with Gasteiger partial charge in [-0.25, -0.2) is 0 Å². The second kappa shape index (κ2) is 6.43. The van der Waals surface area contributed by atoms with Gasteiger partial charge in [0.15, 0.2) is 0 Å². The van der Waals surface area contributed by atoms with Crippen LogP contribution in [0, 0.1) is 5.41 Å². The van der Waals surface area contributed by atoms with Crippen LogP contribution in [0.1, 0.15) is 33.6 Å². The molecule has 2 atom stereocenters. The van der Waals surface area contributed by atoms with Gasteiger partial charge in [-0.2, -0.15) is 0 Å². The zero-order chi connectivity index (χ0) is 14.9. The maximum Gasteiger partial charge on any atom is 0.139 e. The van der Waals surface area contributed by atoms with Crippen LogP contribution >= 0.6 is 39.1 Å². The Kier molecular flexibility index (Phi) is 5.28. The second-order valence-corrected chi connectivity index (χ2v) is 7.54. The molecule has 1 aromatic carbocycles. The van der Waals surface area contributed by atoms with Crippen LogP contribution in [0.3, 0.4) is 0 Å². The number of halogens is 3. The largest absolute Gasteiger partial charge is 0.488 e. The highest BCUT2D eigenvalue weighted by atomic mass is 79.9. The minimum Gasteiger partial charge on any atom is -0.488 e. The predicted octanol–water partition coefficient (Wildman–Crippen LogP) is 5.30. The fourth-order valence-electron chi connectivity index (χ4n) is 2.50. The Morgan fingerprint density at radius 1 is 1.35 bits per heavy atom. The third-order valence-electron chi connectivity index (χ3n) is 4.06. The van der Waals surface area contributed by atoms with Gasteiger partial charge in [-0.1, -0.05) is 44.0 Å². The third-order valence-corrected chi connectivity index (χ3v) is 5.55. The van der Waals surface area contributed by atoms with Crippen molar-refractivity contribution in [2.24, 2.45) is 5.41 Å². The van der Waals surface area contributed by atoms with Gasteiger partial charge >= 0.3 is 0 Å². The first kappa shape index (κ1) is 16.4. The highest BCUT2D eigenvalue weighted by Crippen LogP contribution is 2.45. The van der Waals surface area contributed by atoms with Crippen LogP contribution in [0.4, 0.5) is 0 Å². The van der Waals surface area contributed by atoms with E-state index in [2.05, 4.69) is 42.0 Å². The van der Waals surface area contributed by atoms with Gasteiger partial charge in [0, 0.05) is 28.4 Å². The van der Waals surface area contributed by atoms with Crippen LogP contribution in [0.15, 0.2) is 16.6 Å². The first-order valence-corrected chi connectivity index (χ1v) is 8.45. The van der Waals surface area contributed by atoms with Crippen molar-refractivity contribution in [3.63, 3.8) is 0 Å².